The molecule has 0 saturated heterocycles. The lowest BCUT2D eigenvalue weighted by Crippen LogP contribution is -2.19. The lowest BCUT2D eigenvalue weighted by molar-refractivity contribution is 0.0892. The van der Waals surface area contributed by atoms with E-state index in [1.807, 2.05) is 13.0 Å². The largest absolute Gasteiger partial charge is 0.485 e. The first-order valence-corrected chi connectivity index (χ1v) is 6.32. The molecule has 0 heterocycles. The fraction of sp³-hybridized carbons (Fsp3) is 0.571. The summed E-state index contributed by atoms with van der Waals surface area (Å²) in [6, 6.07) is 5.06. The maximum Gasteiger partial charge on any atom is 0.165 e. The van der Waals surface area contributed by atoms with Crippen LogP contribution in [0.4, 0.5) is 4.39 Å². The summed E-state index contributed by atoms with van der Waals surface area (Å²) in [5.74, 6) is -0.0486. The second-order valence-electron chi connectivity index (χ2n) is 4.33. The summed E-state index contributed by atoms with van der Waals surface area (Å²) in [7, 11) is 1.60. The van der Waals surface area contributed by atoms with Crippen LogP contribution < -0.4 is 10.1 Å². The Morgan fingerprint density at radius 1 is 1.39 bits per heavy atom. The highest BCUT2D eigenvalue weighted by molar-refractivity contribution is 5.29. The molecule has 1 aromatic carbocycles. The molecule has 0 aromatic heterocycles. The Balaban J connectivity index is 2.56. The van der Waals surface area contributed by atoms with Crippen molar-refractivity contribution in [1.29, 1.82) is 0 Å². The van der Waals surface area contributed by atoms with Gasteiger partial charge in [-0.3, -0.25) is 0 Å². The second-order valence-corrected chi connectivity index (χ2v) is 4.33. The Morgan fingerprint density at radius 3 is 2.78 bits per heavy atom. The first-order valence-electron chi connectivity index (χ1n) is 6.32. The molecule has 0 fully saturated rings. The van der Waals surface area contributed by atoms with Crippen LogP contribution in [0.25, 0.3) is 0 Å². The minimum atomic E-state index is -0.325. The van der Waals surface area contributed by atoms with Gasteiger partial charge in [-0.15, -0.1) is 0 Å². The van der Waals surface area contributed by atoms with Gasteiger partial charge in [-0.25, -0.2) is 4.39 Å². The zero-order chi connectivity index (χ0) is 13.4. The van der Waals surface area contributed by atoms with E-state index in [4.69, 9.17) is 9.47 Å². The third-order valence-corrected chi connectivity index (χ3v) is 2.48. The molecule has 0 radical (unpaired) electrons. The van der Waals surface area contributed by atoms with E-state index in [1.54, 1.807) is 13.2 Å². The molecule has 0 aliphatic rings. The lowest BCUT2D eigenvalue weighted by Gasteiger charge is -2.14. The topological polar surface area (TPSA) is 30.5 Å². The van der Waals surface area contributed by atoms with E-state index in [9.17, 15) is 4.39 Å². The molecular formula is C14H22FNO2. The van der Waals surface area contributed by atoms with Crippen molar-refractivity contribution in [2.45, 2.75) is 32.9 Å². The van der Waals surface area contributed by atoms with E-state index in [0.717, 1.165) is 18.5 Å². The highest BCUT2D eigenvalue weighted by Crippen LogP contribution is 2.19. The van der Waals surface area contributed by atoms with Crippen molar-refractivity contribution in [3.05, 3.63) is 29.6 Å². The molecule has 1 atom stereocenters. The van der Waals surface area contributed by atoms with E-state index < -0.39 is 0 Å². The maximum absolute atomic E-state index is 13.8. The van der Waals surface area contributed by atoms with Crippen LogP contribution in [-0.2, 0) is 11.3 Å². The SMILES string of the molecule is CCCNCc1ccc(OC(C)COC)c(F)c1. The molecule has 1 unspecified atom stereocenters. The standard InChI is InChI=1S/C14H22FNO2/c1-4-7-16-9-12-5-6-14(13(15)8-12)18-11(2)10-17-3/h5-6,8,11,16H,4,7,9-10H2,1-3H3. The Bertz CT molecular complexity index is 358. The predicted molar refractivity (Wildman–Crippen MR) is 70.4 cm³/mol. The average Bonchev–Trinajstić information content (AvgIpc) is 2.33. The van der Waals surface area contributed by atoms with Crippen molar-refractivity contribution >= 4 is 0 Å². The van der Waals surface area contributed by atoms with Crippen molar-refractivity contribution in [3.63, 3.8) is 0 Å². The number of methoxy groups -OCH3 is 1. The van der Waals surface area contributed by atoms with E-state index in [0.29, 0.717) is 13.2 Å². The molecule has 0 aliphatic carbocycles. The quantitative estimate of drug-likeness (QED) is 0.725. The van der Waals surface area contributed by atoms with Gasteiger partial charge in [0.25, 0.3) is 0 Å². The monoisotopic (exact) mass is 255 g/mol. The van der Waals surface area contributed by atoms with Crippen molar-refractivity contribution < 1.29 is 13.9 Å². The van der Waals surface area contributed by atoms with Crippen LogP contribution in [0.3, 0.4) is 0 Å². The van der Waals surface area contributed by atoms with E-state index in [-0.39, 0.29) is 17.7 Å². The zero-order valence-electron chi connectivity index (χ0n) is 11.3. The Kier molecular flexibility index (Phi) is 6.68. The summed E-state index contributed by atoms with van der Waals surface area (Å²) in [6.07, 6.45) is 0.909. The van der Waals surface area contributed by atoms with Gasteiger partial charge < -0.3 is 14.8 Å². The molecule has 0 spiro atoms. The van der Waals surface area contributed by atoms with Crippen molar-refractivity contribution in [2.24, 2.45) is 0 Å². The molecule has 4 heteroatoms. The van der Waals surface area contributed by atoms with Gasteiger partial charge in [-0.2, -0.15) is 0 Å². The average molecular weight is 255 g/mol. The van der Waals surface area contributed by atoms with Crippen LogP contribution in [0.1, 0.15) is 25.8 Å². The lowest BCUT2D eigenvalue weighted by atomic mass is 10.2. The number of benzene rings is 1. The number of hydrogen-bond acceptors (Lipinski definition) is 3. The second kappa shape index (κ2) is 8.06. The van der Waals surface area contributed by atoms with Gasteiger partial charge in [0.1, 0.15) is 6.10 Å². The van der Waals surface area contributed by atoms with Gasteiger partial charge in [0.05, 0.1) is 6.61 Å². The molecule has 102 valence electrons. The third kappa shape index (κ3) is 5.02. The fourth-order valence-corrected chi connectivity index (χ4v) is 1.64. The first-order chi connectivity index (χ1) is 8.67. The van der Waals surface area contributed by atoms with E-state index in [1.165, 1.54) is 6.07 Å². The minimum Gasteiger partial charge on any atom is -0.485 e. The van der Waals surface area contributed by atoms with Gasteiger partial charge in [-0.1, -0.05) is 13.0 Å². The Morgan fingerprint density at radius 2 is 2.17 bits per heavy atom. The number of rotatable bonds is 8. The predicted octanol–water partition coefficient (Wildman–Crippen LogP) is 2.74. The molecule has 0 saturated carbocycles. The van der Waals surface area contributed by atoms with Crippen LogP contribution >= 0.6 is 0 Å². The smallest absolute Gasteiger partial charge is 0.165 e. The van der Waals surface area contributed by atoms with Crippen LogP contribution in [-0.4, -0.2) is 26.4 Å². The normalized spacial score (nSPS) is 12.4. The number of hydrogen-bond donors (Lipinski definition) is 1. The van der Waals surface area contributed by atoms with Crippen LogP contribution in [0.5, 0.6) is 5.75 Å². The molecule has 1 aromatic rings. The molecule has 0 amide bonds. The molecular weight excluding hydrogens is 233 g/mol. The molecule has 1 rings (SSSR count). The summed E-state index contributed by atoms with van der Waals surface area (Å²) in [4.78, 5) is 0. The number of halogens is 1. The van der Waals surface area contributed by atoms with E-state index in [2.05, 4.69) is 12.2 Å². The van der Waals surface area contributed by atoms with Crippen molar-refractivity contribution in [1.82, 2.24) is 5.32 Å². The summed E-state index contributed by atoms with van der Waals surface area (Å²) in [5.41, 5.74) is 0.924. The molecule has 3 nitrogen and oxygen atoms in total. The van der Waals surface area contributed by atoms with Gasteiger partial charge in [-0.05, 0) is 37.6 Å². The molecule has 1 N–H and O–H groups in total. The Hall–Kier alpha value is -1.13. The number of nitrogens with one attached hydrogen (secondary N) is 1. The highest BCUT2D eigenvalue weighted by atomic mass is 19.1. The molecule has 18 heavy (non-hydrogen) atoms. The van der Waals surface area contributed by atoms with Crippen LogP contribution in [0, 0.1) is 5.82 Å². The van der Waals surface area contributed by atoms with Gasteiger partial charge in [0, 0.05) is 13.7 Å². The van der Waals surface area contributed by atoms with Crippen molar-refractivity contribution in [2.75, 3.05) is 20.3 Å². The summed E-state index contributed by atoms with van der Waals surface area (Å²) < 4.78 is 24.2. The first kappa shape index (κ1) is 14.9. The third-order valence-electron chi connectivity index (χ3n) is 2.48. The van der Waals surface area contributed by atoms with Gasteiger partial charge in [0.2, 0.25) is 0 Å². The summed E-state index contributed by atoms with van der Waals surface area (Å²) in [6.45, 7) is 6.00. The molecule has 0 bridgehead atoms. The number of ether oxygens (including phenoxy) is 2. The van der Waals surface area contributed by atoms with Crippen LogP contribution in [0.2, 0.25) is 0 Å². The van der Waals surface area contributed by atoms with Gasteiger partial charge >= 0.3 is 0 Å². The van der Waals surface area contributed by atoms with Crippen LogP contribution in [0.15, 0.2) is 18.2 Å². The summed E-state index contributed by atoms with van der Waals surface area (Å²) in [5, 5.41) is 3.23. The highest BCUT2D eigenvalue weighted by Gasteiger charge is 2.09. The summed E-state index contributed by atoms with van der Waals surface area (Å²) >= 11 is 0. The Labute approximate surface area is 108 Å². The van der Waals surface area contributed by atoms with Crippen molar-refractivity contribution in [3.8, 4) is 5.75 Å². The zero-order valence-corrected chi connectivity index (χ0v) is 11.3. The molecule has 0 aliphatic heterocycles. The minimum absolute atomic E-state index is 0.159. The fourth-order valence-electron chi connectivity index (χ4n) is 1.64. The van der Waals surface area contributed by atoms with Gasteiger partial charge in [0.15, 0.2) is 11.6 Å². The maximum atomic E-state index is 13.8. The van der Waals surface area contributed by atoms with E-state index >= 15 is 0 Å².